The molecule has 0 aliphatic carbocycles. The van der Waals surface area contributed by atoms with Gasteiger partial charge < -0.3 is 15.2 Å². The Kier molecular flexibility index (Phi) is 7.98. The number of halogens is 2. The largest absolute Gasteiger partial charge is 0.487 e. The van der Waals surface area contributed by atoms with E-state index < -0.39 is 10.0 Å². The summed E-state index contributed by atoms with van der Waals surface area (Å²) in [6.45, 7) is 5.45. The monoisotopic (exact) mass is 412 g/mol. The number of ether oxygens (including phenoxy) is 2. The van der Waals surface area contributed by atoms with Crippen LogP contribution in [0.2, 0.25) is 5.02 Å². The van der Waals surface area contributed by atoms with Gasteiger partial charge in [0.15, 0.2) is 0 Å². The number of hydrogen-bond acceptors (Lipinski definition) is 5. The Morgan fingerprint density at radius 2 is 2.12 bits per heavy atom. The van der Waals surface area contributed by atoms with Crippen molar-refractivity contribution in [2.24, 2.45) is 11.1 Å². The predicted octanol–water partition coefficient (Wildman–Crippen LogP) is 2.53. The highest BCUT2D eigenvalue weighted by atomic mass is 35.5. The highest BCUT2D eigenvalue weighted by molar-refractivity contribution is 7.89. The van der Waals surface area contributed by atoms with Gasteiger partial charge in [0, 0.05) is 25.2 Å². The molecule has 0 radical (unpaired) electrons. The third-order valence-electron chi connectivity index (χ3n) is 4.27. The lowest BCUT2D eigenvalue weighted by Gasteiger charge is -2.24. The Labute approximate surface area is 161 Å². The molecule has 1 aromatic carbocycles. The van der Waals surface area contributed by atoms with Gasteiger partial charge in [-0.15, -0.1) is 12.4 Å². The number of nitrogens with two attached hydrogens (primary N) is 1. The average molecular weight is 413 g/mol. The molecular formula is C16H26Cl2N2O4S. The molecule has 2 atom stereocenters. The second kappa shape index (κ2) is 8.88. The molecule has 0 saturated carbocycles. The summed E-state index contributed by atoms with van der Waals surface area (Å²) in [5.41, 5.74) is 5.59. The Balaban J connectivity index is 0.00000312. The minimum absolute atomic E-state index is 0. The van der Waals surface area contributed by atoms with Crippen molar-refractivity contribution in [2.75, 3.05) is 33.4 Å². The normalized spacial score (nSPS) is 22.4. The first-order chi connectivity index (χ1) is 11.2. The summed E-state index contributed by atoms with van der Waals surface area (Å²) in [6, 6.07) is 4.63. The Bertz CT molecular complexity index is 687. The lowest BCUT2D eigenvalue weighted by atomic mass is 9.90. The van der Waals surface area contributed by atoms with E-state index in [0.717, 1.165) is 6.42 Å². The van der Waals surface area contributed by atoms with E-state index in [4.69, 9.17) is 26.8 Å². The van der Waals surface area contributed by atoms with Gasteiger partial charge in [-0.1, -0.05) is 18.5 Å². The van der Waals surface area contributed by atoms with E-state index in [1.807, 2.05) is 13.8 Å². The first kappa shape index (κ1) is 22.5. The Morgan fingerprint density at radius 3 is 2.68 bits per heavy atom. The molecule has 1 aromatic rings. The maximum atomic E-state index is 13.1. The Hall–Kier alpha value is -0.570. The van der Waals surface area contributed by atoms with Gasteiger partial charge in [0.05, 0.1) is 6.61 Å². The van der Waals surface area contributed by atoms with Gasteiger partial charge in [-0.3, -0.25) is 0 Å². The van der Waals surface area contributed by atoms with E-state index in [-0.39, 0.29) is 34.6 Å². The van der Waals surface area contributed by atoms with Crippen LogP contribution in [0.4, 0.5) is 0 Å². The zero-order valence-electron chi connectivity index (χ0n) is 14.7. The van der Waals surface area contributed by atoms with Crippen molar-refractivity contribution in [3.05, 3.63) is 23.2 Å². The molecule has 9 heteroatoms. The van der Waals surface area contributed by atoms with Crippen LogP contribution in [-0.4, -0.2) is 52.2 Å². The van der Waals surface area contributed by atoms with Crippen LogP contribution < -0.4 is 10.5 Å². The highest BCUT2D eigenvalue weighted by Gasteiger charge is 2.40. The van der Waals surface area contributed by atoms with Crippen molar-refractivity contribution in [3.63, 3.8) is 0 Å². The lowest BCUT2D eigenvalue weighted by Crippen LogP contribution is -2.34. The molecule has 6 nitrogen and oxygen atoms in total. The summed E-state index contributed by atoms with van der Waals surface area (Å²) < 4.78 is 38.4. The van der Waals surface area contributed by atoms with Crippen LogP contribution in [-0.2, 0) is 14.8 Å². The molecule has 1 saturated heterocycles. The Morgan fingerprint density at radius 1 is 1.44 bits per heavy atom. The molecule has 1 aliphatic heterocycles. The summed E-state index contributed by atoms with van der Waals surface area (Å²) in [6.07, 6.45) is 0.456. The molecule has 0 aromatic heterocycles. The van der Waals surface area contributed by atoms with Crippen LogP contribution in [0.5, 0.6) is 5.75 Å². The van der Waals surface area contributed by atoms with Crippen LogP contribution in [0.3, 0.4) is 0 Å². The van der Waals surface area contributed by atoms with Crippen LogP contribution in [0.25, 0.3) is 0 Å². The van der Waals surface area contributed by atoms with Crippen molar-refractivity contribution in [1.82, 2.24) is 4.31 Å². The summed E-state index contributed by atoms with van der Waals surface area (Å²) >= 11 is 6.03. The molecule has 144 valence electrons. The van der Waals surface area contributed by atoms with Gasteiger partial charge in [-0.25, -0.2) is 8.42 Å². The zero-order valence-corrected chi connectivity index (χ0v) is 17.1. The first-order valence-electron chi connectivity index (χ1n) is 7.87. The third-order valence-corrected chi connectivity index (χ3v) is 6.37. The number of nitrogens with zero attached hydrogens (tertiary/aromatic N) is 1. The van der Waals surface area contributed by atoms with Crippen LogP contribution >= 0.6 is 24.0 Å². The summed E-state index contributed by atoms with van der Waals surface area (Å²) in [7, 11) is -2.14. The summed E-state index contributed by atoms with van der Waals surface area (Å²) in [4.78, 5) is 0.0826. The third kappa shape index (κ3) is 5.21. The van der Waals surface area contributed by atoms with Crippen molar-refractivity contribution in [1.29, 1.82) is 0 Å². The lowest BCUT2D eigenvalue weighted by molar-refractivity contribution is 0.0900. The highest BCUT2D eigenvalue weighted by Crippen LogP contribution is 2.36. The molecule has 1 fully saturated rings. The molecule has 2 N–H and O–H groups in total. The van der Waals surface area contributed by atoms with Gasteiger partial charge >= 0.3 is 0 Å². The maximum absolute atomic E-state index is 13.1. The van der Waals surface area contributed by atoms with E-state index in [1.165, 1.54) is 10.4 Å². The van der Waals surface area contributed by atoms with Gasteiger partial charge in [-0.2, -0.15) is 4.31 Å². The van der Waals surface area contributed by atoms with Gasteiger partial charge in [0.1, 0.15) is 16.7 Å². The number of methoxy groups -OCH3 is 1. The molecule has 0 spiro atoms. The van der Waals surface area contributed by atoms with Crippen molar-refractivity contribution in [2.45, 2.75) is 31.3 Å². The smallest absolute Gasteiger partial charge is 0.246 e. The van der Waals surface area contributed by atoms with Crippen molar-refractivity contribution >= 4 is 34.0 Å². The average Bonchev–Trinajstić information content (AvgIpc) is 2.93. The number of rotatable bonds is 7. The van der Waals surface area contributed by atoms with Gasteiger partial charge in [-0.05, 0) is 43.5 Å². The fraction of sp³-hybridized carbons (Fsp3) is 0.625. The number of sulfonamides is 1. The van der Waals surface area contributed by atoms with E-state index >= 15 is 0 Å². The molecule has 0 bridgehead atoms. The SMILES string of the molecule is COCC(C)Oc1ccc(Cl)cc1S(=O)(=O)N1CCC(C)(CN)C1.Cl. The molecule has 1 aliphatic rings. The molecule has 1 heterocycles. The van der Waals surface area contributed by atoms with Crippen molar-refractivity contribution in [3.8, 4) is 5.75 Å². The molecule has 2 unspecified atom stereocenters. The molecule has 0 amide bonds. The van der Waals surface area contributed by atoms with E-state index in [9.17, 15) is 8.42 Å². The number of benzene rings is 1. The molecule has 2 rings (SSSR count). The fourth-order valence-electron chi connectivity index (χ4n) is 2.76. The standard InChI is InChI=1S/C16H25ClN2O4S.ClH/c1-12(9-22-3)23-14-5-4-13(17)8-15(14)24(20,21)19-7-6-16(2,10-18)11-19;/h4-5,8,12H,6-7,9-11,18H2,1-3H3;1H. The second-order valence-electron chi connectivity index (χ2n) is 6.58. The molecule has 25 heavy (non-hydrogen) atoms. The minimum Gasteiger partial charge on any atom is -0.487 e. The second-order valence-corrected chi connectivity index (χ2v) is 8.92. The van der Waals surface area contributed by atoms with E-state index in [2.05, 4.69) is 0 Å². The van der Waals surface area contributed by atoms with Crippen LogP contribution in [0.15, 0.2) is 23.1 Å². The van der Waals surface area contributed by atoms with Gasteiger partial charge in [0.2, 0.25) is 10.0 Å². The first-order valence-corrected chi connectivity index (χ1v) is 9.69. The quantitative estimate of drug-likeness (QED) is 0.743. The van der Waals surface area contributed by atoms with E-state index in [0.29, 0.717) is 31.3 Å². The maximum Gasteiger partial charge on any atom is 0.246 e. The fourth-order valence-corrected chi connectivity index (χ4v) is 4.73. The van der Waals surface area contributed by atoms with Crippen LogP contribution in [0.1, 0.15) is 20.3 Å². The zero-order chi connectivity index (χ0) is 18.0. The van der Waals surface area contributed by atoms with Gasteiger partial charge in [0.25, 0.3) is 0 Å². The molecular weight excluding hydrogens is 387 g/mol. The van der Waals surface area contributed by atoms with E-state index in [1.54, 1.807) is 19.2 Å². The number of hydrogen-bond donors (Lipinski definition) is 1. The summed E-state index contributed by atoms with van der Waals surface area (Å²) in [5.74, 6) is 0.283. The topological polar surface area (TPSA) is 81.9 Å². The minimum atomic E-state index is -3.71. The van der Waals surface area contributed by atoms with Crippen LogP contribution in [0, 0.1) is 5.41 Å². The summed E-state index contributed by atoms with van der Waals surface area (Å²) in [5, 5.41) is 0.348. The van der Waals surface area contributed by atoms with Crippen molar-refractivity contribution < 1.29 is 17.9 Å². The predicted molar refractivity (Wildman–Crippen MR) is 101 cm³/mol.